The van der Waals surface area contributed by atoms with Gasteiger partial charge in [-0.25, -0.2) is 4.98 Å². The molecule has 0 atom stereocenters. The standard InChI is InChI=1S/C7H10N4/c1-3-6-10-5(4-8)7(9)11(6)2/h3,9H2,1-2H3. The summed E-state index contributed by atoms with van der Waals surface area (Å²) in [6.07, 6.45) is 0.794. The molecule has 58 valence electrons. The van der Waals surface area contributed by atoms with E-state index in [0.29, 0.717) is 11.5 Å². The van der Waals surface area contributed by atoms with Gasteiger partial charge in [0.05, 0.1) is 0 Å². The first kappa shape index (κ1) is 7.61. The lowest BCUT2D eigenvalue weighted by molar-refractivity contribution is 0.815. The summed E-state index contributed by atoms with van der Waals surface area (Å²) in [7, 11) is 1.81. The van der Waals surface area contributed by atoms with E-state index >= 15 is 0 Å². The monoisotopic (exact) mass is 150 g/mol. The zero-order valence-corrected chi connectivity index (χ0v) is 6.63. The average molecular weight is 150 g/mol. The van der Waals surface area contributed by atoms with E-state index in [9.17, 15) is 0 Å². The summed E-state index contributed by atoms with van der Waals surface area (Å²) in [6, 6.07) is 1.93. The van der Waals surface area contributed by atoms with Gasteiger partial charge in [-0.1, -0.05) is 6.92 Å². The number of hydrogen-bond acceptors (Lipinski definition) is 3. The molecule has 1 rings (SSSR count). The largest absolute Gasteiger partial charge is 0.383 e. The lowest BCUT2D eigenvalue weighted by Gasteiger charge is -1.97. The van der Waals surface area contributed by atoms with E-state index in [-0.39, 0.29) is 0 Å². The lowest BCUT2D eigenvalue weighted by Crippen LogP contribution is -2.00. The van der Waals surface area contributed by atoms with Crippen molar-refractivity contribution in [1.29, 1.82) is 5.26 Å². The molecule has 0 spiro atoms. The zero-order chi connectivity index (χ0) is 8.43. The Labute approximate surface area is 65.3 Å². The fraction of sp³-hybridized carbons (Fsp3) is 0.429. The van der Waals surface area contributed by atoms with Gasteiger partial charge >= 0.3 is 0 Å². The molecule has 4 heteroatoms. The Morgan fingerprint density at radius 1 is 1.73 bits per heavy atom. The van der Waals surface area contributed by atoms with Gasteiger partial charge in [0.2, 0.25) is 0 Å². The maximum absolute atomic E-state index is 8.55. The number of rotatable bonds is 1. The molecule has 0 bridgehead atoms. The molecule has 0 fully saturated rings. The van der Waals surface area contributed by atoms with Gasteiger partial charge < -0.3 is 10.3 Å². The Balaban J connectivity index is 3.26. The first-order valence-corrected chi connectivity index (χ1v) is 3.41. The second-order valence-electron chi connectivity index (χ2n) is 2.29. The maximum atomic E-state index is 8.55. The van der Waals surface area contributed by atoms with Crippen molar-refractivity contribution >= 4 is 5.82 Å². The number of nitriles is 1. The summed E-state index contributed by atoms with van der Waals surface area (Å²) < 4.78 is 1.73. The van der Waals surface area contributed by atoms with Crippen molar-refractivity contribution in [3.8, 4) is 6.07 Å². The van der Waals surface area contributed by atoms with Crippen LogP contribution in [-0.2, 0) is 13.5 Å². The molecular weight excluding hydrogens is 140 g/mol. The highest BCUT2D eigenvalue weighted by atomic mass is 15.1. The number of nitrogens with zero attached hydrogens (tertiary/aromatic N) is 3. The van der Waals surface area contributed by atoms with Crippen LogP contribution in [-0.4, -0.2) is 9.55 Å². The van der Waals surface area contributed by atoms with Gasteiger partial charge in [-0.3, -0.25) is 0 Å². The number of aromatic nitrogens is 2. The molecule has 0 saturated carbocycles. The Hall–Kier alpha value is -1.50. The summed E-state index contributed by atoms with van der Waals surface area (Å²) >= 11 is 0. The summed E-state index contributed by atoms with van der Waals surface area (Å²) in [5, 5.41) is 8.55. The van der Waals surface area contributed by atoms with Gasteiger partial charge in [-0.2, -0.15) is 5.26 Å². The molecule has 0 saturated heterocycles. The number of nitrogens with two attached hydrogens (primary N) is 1. The number of anilines is 1. The van der Waals surface area contributed by atoms with Gasteiger partial charge in [0.1, 0.15) is 17.7 Å². The van der Waals surface area contributed by atoms with Crippen LogP contribution in [0.3, 0.4) is 0 Å². The zero-order valence-electron chi connectivity index (χ0n) is 6.63. The molecular formula is C7H10N4. The molecule has 0 radical (unpaired) electrons. The molecule has 2 N–H and O–H groups in total. The molecule has 0 aliphatic carbocycles. The highest BCUT2D eigenvalue weighted by Gasteiger charge is 2.08. The first-order valence-electron chi connectivity index (χ1n) is 3.41. The molecule has 4 nitrogen and oxygen atoms in total. The third-order valence-corrected chi connectivity index (χ3v) is 1.65. The predicted molar refractivity (Wildman–Crippen MR) is 41.7 cm³/mol. The molecule has 0 unspecified atom stereocenters. The minimum Gasteiger partial charge on any atom is -0.383 e. The molecule has 0 aliphatic heterocycles. The van der Waals surface area contributed by atoms with Gasteiger partial charge in [0.15, 0.2) is 5.69 Å². The maximum Gasteiger partial charge on any atom is 0.182 e. The van der Waals surface area contributed by atoms with E-state index < -0.39 is 0 Å². The number of nitrogen functional groups attached to an aromatic ring is 1. The number of hydrogen-bond donors (Lipinski definition) is 1. The van der Waals surface area contributed by atoms with E-state index in [0.717, 1.165) is 12.2 Å². The van der Waals surface area contributed by atoms with Crippen molar-refractivity contribution in [2.45, 2.75) is 13.3 Å². The Kier molecular flexibility index (Phi) is 1.81. The Morgan fingerprint density at radius 3 is 2.64 bits per heavy atom. The van der Waals surface area contributed by atoms with Crippen LogP contribution in [0.2, 0.25) is 0 Å². The summed E-state index contributed by atoms with van der Waals surface area (Å²) in [6.45, 7) is 1.98. The van der Waals surface area contributed by atoms with Crippen molar-refractivity contribution in [2.24, 2.45) is 7.05 Å². The Bertz CT molecular complexity index is 305. The quantitative estimate of drug-likeness (QED) is 0.631. The second kappa shape index (κ2) is 2.62. The van der Waals surface area contributed by atoms with Crippen LogP contribution in [0.4, 0.5) is 5.82 Å². The molecule has 1 heterocycles. The van der Waals surface area contributed by atoms with Gasteiger partial charge in [-0.15, -0.1) is 0 Å². The lowest BCUT2D eigenvalue weighted by atomic mass is 10.5. The van der Waals surface area contributed by atoms with Crippen LogP contribution < -0.4 is 5.73 Å². The van der Waals surface area contributed by atoms with Gasteiger partial charge in [0.25, 0.3) is 0 Å². The van der Waals surface area contributed by atoms with Crippen LogP contribution in [0.1, 0.15) is 18.4 Å². The smallest absolute Gasteiger partial charge is 0.182 e. The average Bonchev–Trinajstić information content (AvgIpc) is 2.30. The minimum atomic E-state index is 0.323. The fourth-order valence-electron chi connectivity index (χ4n) is 0.958. The minimum absolute atomic E-state index is 0.323. The molecule has 0 amide bonds. The van der Waals surface area contributed by atoms with E-state index in [1.54, 1.807) is 4.57 Å². The van der Waals surface area contributed by atoms with Gasteiger partial charge in [0, 0.05) is 13.5 Å². The van der Waals surface area contributed by atoms with Crippen LogP contribution >= 0.6 is 0 Å². The van der Waals surface area contributed by atoms with Crippen molar-refractivity contribution in [3.05, 3.63) is 11.5 Å². The molecule has 0 aromatic carbocycles. The first-order chi connectivity index (χ1) is 5.20. The van der Waals surface area contributed by atoms with Crippen LogP contribution in [0.5, 0.6) is 0 Å². The summed E-state index contributed by atoms with van der Waals surface area (Å²) in [5.74, 6) is 1.29. The van der Waals surface area contributed by atoms with Crippen molar-refractivity contribution < 1.29 is 0 Å². The normalized spacial score (nSPS) is 9.55. The van der Waals surface area contributed by atoms with Gasteiger partial charge in [-0.05, 0) is 0 Å². The van der Waals surface area contributed by atoms with Crippen LogP contribution in [0, 0.1) is 11.3 Å². The fourth-order valence-corrected chi connectivity index (χ4v) is 0.958. The third-order valence-electron chi connectivity index (χ3n) is 1.65. The highest BCUT2D eigenvalue weighted by molar-refractivity contribution is 5.45. The predicted octanol–water partition coefficient (Wildman–Crippen LogP) is 0.436. The van der Waals surface area contributed by atoms with Crippen LogP contribution in [0.15, 0.2) is 0 Å². The van der Waals surface area contributed by atoms with E-state index in [4.69, 9.17) is 11.0 Å². The highest BCUT2D eigenvalue weighted by Crippen LogP contribution is 2.11. The van der Waals surface area contributed by atoms with Crippen molar-refractivity contribution in [1.82, 2.24) is 9.55 Å². The van der Waals surface area contributed by atoms with Crippen LogP contribution in [0.25, 0.3) is 0 Å². The summed E-state index contributed by atoms with van der Waals surface area (Å²) in [5.41, 5.74) is 5.89. The van der Waals surface area contributed by atoms with Crippen molar-refractivity contribution in [2.75, 3.05) is 5.73 Å². The molecule has 11 heavy (non-hydrogen) atoms. The molecule has 0 aliphatic rings. The van der Waals surface area contributed by atoms with E-state index in [1.807, 2.05) is 20.0 Å². The SMILES string of the molecule is CCc1nc(C#N)c(N)n1C. The molecule has 1 aromatic heterocycles. The topological polar surface area (TPSA) is 67.6 Å². The third kappa shape index (κ3) is 1.05. The molecule has 1 aromatic rings. The number of imidazole rings is 1. The van der Waals surface area contributed by atoms with E-state index in [1.165, 1.54) is 0 Å². The van der Waals surface area contributed by atoms with E-state index in [2.05, 4.69) is 4.98 Å². The number of aryl methyl sites for hydroxylation is 1. The second-order valence-corrected chi connectivity index (χ2v) is 2.29. The summed E-state index contributed by atoms with van der Waals surface area (Å²) in [4.78, 5) is 4.02. The Morgan fingerprint density at radius 2 is 2.36 bits per heavy atom. The van der Waals surface area contributed by atoms with Crippen molar-refractivity contribution in [3.63, 3.8) is 0 Å².